The van der Waals surface area contributed by atoms with Gasteiger partial charge in [0.25, 0.3) is 12.3 Å². The fourth-order valence-electron chi connectivity index (χ4n) is 2.16. The normalized spacial score (nSPS) is 11.3. The van der Waals surface area contributed by atoms with Gasteiger partial charge in [0.15, 0.2) is 5.65 Å². The number of nitrogens with one attached hydrogen (secondary N) is 1. The quantitative estimate of drug-likeness (QED) is 0.775. The highest BCUT2D eigenvalue weighted by Gasteiger charge is 2.20. The second kappa shape index (κ2) is 5.71. The number of hydrogen-bond acceptors (Lipinski definition) is 5. The fraction of sp³-hybridized carbons (Fsp3) is 0.308. The monoisotopic (exact) mass is 321 g/mol. The molecule has 3 rings (SSSR count). The van der Waals surface area contributed by atoms with Crippen LogP contribution in [0.4, 0.5) is 8.78 Å². The Bertz CT molecular complexity index is 870. The minimum atomic E-state index is -2.71. The van der Waals surface area contributed by atoms with E-state index in [-0.39, 0.29) is 23.4 Å². The molecule has 0 aliphatic rings. The van der Waals surface area contributed by atoms with Gasteiger partial charge >= 0.3 is 0 Å². The molecule has 3 heterocycles. The average molecular weight is 321 g/mol. The van der Waals surface area contributed by atoms with Crippen molar-refractivity contribution in [1.82, 2.24) is 34.9 Å². The van der Waals surface area contributed by atoms with Crippen LogP contribution in [0.3, 0.4) is 0 Å². The first-order valence-electron chi connectivity index (χ1n) is 6.72. The number of alkyl halides is 2. The summed E-state index contributed by atoms with van der Waals surface area (Å²) in [5.74, 6) is -0.469. The van der Waals surface area contributed by atoms with Gasteiger partial charge in [0.2, 0.25) is 0 Å². The Balaban J connectivity index is 1.89. The van der Waals surface area contributed by atoms with E-state index in [2.05, 4.69) is 25.6 Å². The molecule has 8 nitrogen and oxygen atoms in total. The van der Waals surface area contributed by atoms with Crippen molar-refractivity contribution < 1.29 is 13.6 Å². The molecule has 0 atom stereocenters. The Morgan fingerprint density at radius 3 is 2.78 bits per heavy atom. The number of carbonyl (C=O) groups is 1. The number of hydrogen-bond donors (Lipinski definition) is 1. The predicted octanol–water partition coefficient (Wildman–Crippen LogP) is 1.03. The molecule has 120 valence electrons. The summed E-state index contributed by atoms with van der Waals surface area (Å²) in [6.45, 7) is 1.75. The summed E-state index contributed by atoms with van der Waals surface area (Å²) in [4.78, 5) is 17.8. The van der Waals surface area contributed by atoms with Crippen molar-refractivity contribution in [3.63, 3.8) is 0 Å². The lowest BCUT2D eigenvalue weighted by Crippen LogP contribution is -2.23. The smallest absolute Gasteiger partial charge is 0.280 e. The molecule has 23 heavy (non-hydrogen) atoms. The highest BCUT2D eigenvalue weighted by atomic mass is 19.3. The number of rotatable bonds is 4. The van der Waals surface area contributed by atoms with E-state index >= 15 is 0 Å². The van der Waals surface area contributed by atoms with Crippen LogP contribution in [0.25, 0.3) is 5.65 Å². The van der Waals surface area contributed by atoms with Crippen molar-refractivity contribution in [3.05, 3.63) is 41.1 Å². The molecule has 0 aliphatic heterocycles. The van der Waals surface area contributed by atoms with Gasteiger partial charge in [-0.3, -0.25) is 4.79 Å². The van der Waals surface area contributed by atoms with E-state index in [0.29, 0.717) is 11.4 Å². The van der Waals surface area contributed by atoms with Crippen molar-refractivity contribution >= 4 is 11.6 Å². The second-order valence-corrected chi connectivity index (χ2v) is 4.92. The van der Waals surface area contributed by atoms with Gasteiger partial charge in [-0.1, -0.05) is 0 Å². The van der Waals surface area contributed by atoms with E-state index in [9.17, 15) is 13.6 Å². The Morgan fingerprint density at radius 1 is 1.35 bits per heavy atom. The van der Waals surface area contributed by atoms with Crippen molar-refractivity contribution in [2.24, 2.45) is 7.05 Å². The number of halogens is 2. The zero-order valence-electron chi connectivity index (χ0n) is 12.4. The Morgan fingerprint density at radius 2 is 2.13 bits per heavy atom. The highest BCUT2D eigenvalue weighted by molar-refractivity contribution is 5.99. The molecule has 10 heteroatoms. The third-order valence-electron chi connectivity index (χ3n) is 3.17. The zero-order chi connectivity index (χ0) is 16.6. The molecular formula is C13H13F2N7O. The van der Waals surface area contributed by atoms with Crippen LogP contribution in [0.15, 0.2) is 18.5 Å². The Kier molecular flexibility index (Phi) is 3.72. The largest absolute Gasteiger partial charge is 0.346 e. The number of fused-ring (bicyclic) bond motifs is 1. The summed E-state index contributed by atoms with van der Waals surface area (Å²) in [5, 5.41) is 14.4. The zero-order valence-corrected chi connectivity index (χ0v) is 12.4. The summed E-state index contributed by atoms with van der Waals surface area (Å²) < 4.78 is 27.1. The molecule has 0 fully saturated rings. The number of amides is 1. The van der Waals surface area contributed by atoms with Gasteiger partial charge in [-0.15, -0.1) is 0 Å². The summed E-state index contributed by atoms with van der Waals surface area (Å²) in [6, 6.07) is 1.24. The third-order valence-corrected chi connectivity index (χ3v) is 3.17. The minimum absolute atomic E-state index is 0.0944. The molecule has 1 amide bonds. The van der Waals surface area contributed by atoms with Crippen LogP contribution in [0.2, 0.25) is 0 Å². The molecule has 0 aromatic carbocycles. The third kappa shape index (κ3) is 2.87. The van der Waals surface area contributed by atoms with Gasteiger partial charge in [-0.25, -0.2) is 18.3 Å². The van der Waals surface area contributed by atoms with E-state index < -0.39 is 12.3 Å². The molecule has 0 radical (unpaired) electrons. The van der Waals surface area contributed by atoms with Crippen LogP contribution in [-0.2, 0) is 13.6 Å². The first kappa shape index (κ1) is 15.0. The lowest BCUT2D eigenvalue weighted by atomic mass is 10.3. The van der Waals surface area contributed by atoms with Crippen LogP contribution in [-0.4, -0.2) is 35.5 Å². The number of aromatic nitrogens is 6. The van der Waals surface area contributed by atoms with Gasteiger partial charge in [-0.05, 0) is 13.0 Å². The fourth-order valence-corrected chi connectivity index (χ4v) is 2.16. The molecule has 0 spiro atoms. The number of aryl methyl sites for hydroxylation is 2. The maximum absolute atomic E-state index is 13.1. The van der Waals surface area contributed by atoms with Crippen LogP contribution in [0.5, 0.6) is 0 Å². The lowest BCUT2D eigenvalue weighted by molar-refractivity contribution is 0.0951. The predicted molar refractivity (Wildman–Crippen MR) is 74.9 cm³/mol. The van der Waals surface area contributed by atoms with Crippen molar-refractivity contribution in [2.75, 3.05) is 0 Å². The van der Waals surface area contributed by atoms with Crippen LogP contribution in [0.1, 0.15) is 33.9 Å². The molecule has 3 aromatic heterocycles. The van der Waals surface area contributed by atoms with E-state index in [1.807, 2.05) is 0 Å². The summed E-state index contributed by atoms with van der Waals surface area (Å²) in [7, 11) is 1.66. The van der Waals surface area contributed by atoms with Gasteiger partial charge in [-0.2, -0.15) is 20.1 Å². The van der Waals surface area contributed by atoms with Gasteiger partial charge in [0, 0.05) is 12.7 Å². The Hall–Kier alpha value is -2.91. The topological polar surface area (TPSA) is 90.0 Å². The van der Waals surface area contributed by atoms with E-state index in [1.165, 1.54) is 23.3 Å². The van der Waals surface area contributed by atoms with E-state index in [4.69, 9.17) is 0 Å². The molecule has 3 aromatic rings. The SMILES string of the molecule is Cc1cc(C(F)F)n2ncc(C(=O)NCc3cnn(C)n3)c2n1. The first-order valence-corrected chi connectivity index (χ1v) is 6.72. The van der Waals surface area contributed by atoms with Gasteiger partial charge in [0.05, 0.1) is 18.9 Å². The molecule has 0 aliphatic carbocycles. The molecule has 0 saturated carbocycles. The summed E-state index contributed by atoms with van der Waals surface area (Å²) in [5.41, 5.74) is 0.878. The van der Waals surface area contributed by atoms with E-state index in [0.717, 1.165) is 4.52 Å². The number of nitrogens with zero attached hydrogens (tertiary/aromatic N) is 6. The maximum Gasteiger partial charge on any atom is 0.280 e. The van der Waals surface area contributed by atoms with Crippen LogP contribution in [0, 0.1) is 6.92 Å². The lowest BCUT2D eigenvalue weighted by Gasteiger charge is -2.06. The van der Waals surface area contributed by atoms with Crippen molar-refractivity contribution in [2.45, 2.75) is 19.9 Å². The number of carbonyl (C=O) groups excluding carboxylic acids is 1. The maximum atomic E-state index is 13.1. The van der Waals surface area contributed by atoms with Gasteiger partial charge in [0.1, 0.15) is 17.0 Å². The highest BCUT2D eigenvalue weighted by Crippen LogP contribution is 2.21. The summed E-state index contributed by atoms with van der Waals surface area (Å²) >= 11 is 0. The first-order chi connectivity index (χ1) is 11.0. The minimum Gasteiger partial charge on any atom is -0.346 e. The molecular weight excluding hydrogens is 308 g/mol. The average Bonchev–Trinajstić information content (AvgIpc) is 3.10. The standard InChI is InChI=1S/C13H13F2N7O/c1-7-3-10(11(14)15)22-12(19-7)9(6-18-22)13(23)16-4-8-5-17-21(2)20-8/h3,5-6,11H,4H2,1-2H3,(H,16,23). The molecule has 0 saturated heterocycles. The van der Waals surface area contributed by atoms with E-state index in [1.54, 1.807) is 14.0 Å². The van der Waals surface area contributed by atoms with Crippen LogP contribution < -0.4 is 5.32 Å². The van der Waals surface area contributed by atoms with Crippen molar-refractivity contribution in [3.8, 4) is 0 Å². The molecule has 0 bridgehead atoms. The molecule has 0 unspecified atom stereocenters. The Labute approximate surface area is 129 Å². The van der Waals surface area contributed by atoms with Crippen molar-refractivity contribution in [1.29, 1.82) is 0 Å². The van der Waals surface area contributed by atoms with Gasteiger partial charge < -0.3 is 5.32 Å². The molecule has 1 N–H and O–H groups in total. The van der Waals surface area contributed by atoms with Crippen LogP contribution >= 0.6 is 0 Å². The summed E-state index contributed by atoms with van der Waals surface area (Å²) in [6.07, 6.45) is 0.0301. The second-order valence-electron chi connectivity index (χ2n) is 4.92.